The molecule has 4 rings (SSSR count). The molecule has 0 aliphatic heterocycles. The third-order valence-electron chi connectivity index (χ3n) is 5.10. The zero-order chi connectivity index (χ0) is 23.2. The van der Waals surface area contributed by atoms with Crippen molar-refractivity contribution >= 4 is 11.6 Å². The summed E-state index contributed by atoms with van der Waals surface area (Å²) in [6, 6.07) is 21.2. The van der Waals surface area contributed by atoms with Crippen LogP contribution in [0.2, 0.25) is 0 Å². The van der Waals surface area contributed by atoms with Gasteiger partial charge in [-0.1, -0.05) is 30.3 Å². The Labute approximate surface area is 193 Å². The van der Waals surface area contributed by atoms with Crippen LogP contribution in [0.15, 0.2) is 66.7 Å². The standard InChI is InChI=1S/C26H27N5O2/c1-18-16-19(2)31(30-18)24-17-26(28-20(3)27-24)33-23-14-12-22(13-15-23)29-25(32)11-7-10-21-8-5-4-6-9-21/h4-6,8-9,12-17H,7,10-11H2,1-3H3,(H,29,32). The molecule has 0 fully saturated rings. The van der Waals surface area contributed by atoms with Gasteiger partial charge >= 0.3 is 0 Å². The van der Waals surface area contributed by atoms with Gasteiger partial charge in [-0.2, -0.15) is 10.1 Å². The Balaban J connectivity index is 1.35. The topological polar surface area (TPSA) is 81.9 Å². The maximum atomic E-state index is 12.2. The number of hydrogen-bond donors (Lipinski definition) is 1. The van der Waals surface area contributed by atoms with E-state index in [1.807, 2.05) is 57.2 Å². The number of hydrogen-bond acceptors (Lipinski definition) is 5. The Morgan fingerprint density at radius 2 is 1.73 bits per heavy atom. The molecule has 2 heterocycles. The van der Waals surface area contributed by atoms with E-state index < -0.39 is 0 Å². The van der Waals surface area contributed by atoms with Crippen LogP contribution in [0.25, 0.3) is 5.82 Å². The van der Waals surface area contributed by atoms with Gasteiger partial charge in [0.25, 0.3) is 0 Å². The first-order valence-electron chi connectivity index (χ1n) is 11.0. The second-order valence-corrected chi connectivity index (χ2v) is 7.96. The van der Waals surface area contributed by atoms with Gasteiger partial charge in [0.15, 0.2) is 5.82 Å². The molecule has 0 unspecified atom stereocenters. The molecule has 168 valence electrons. The Bertz CT molecular complexity index is 1230. The molecule has 0 aliphatic carbocycles. The van der Waals surface area contributed by atoms with Crippen LogP contribution < -0.4 is 10.1 Å². The lowest BCUT2D eigenvalue weighted by Crippen LogP contribution is -2.11. The zero-order valence-corrected chi connectivity index (χ0v) is 19.1. The van der Waals surface area contributed by atoms with Gasteiger partial charge in [-0.15, -0.1) is 0 Å². The summed E-state index contributed by atoms with van der Waals surface area (Å²) in [6.07, 6.45) is 2.17. The minimum Gasteiger partial charge on any atom is -0.439 e. The van der Waals surface area contributed by atoms with Crippen molar-refractivity contribution in [2.75, 3.05) is 5.32 Å². The van der Waals surface area contributed by atoms with E-state index in [9.17, 15) is 4.79 Å². The predicted molar refractivity (Wildman–Crippen MR) is 128 cm³/mol. The van der Waals surface area contributed by atoms with E-state index in [4.69, 9.17) is 4.74 Å². The Morgan fingerprint density at radius 3 is 2.42 bits per heavy atom. The lowest BCUT2D eigenvalue weighted by Gasteiger charge is -2.10. The smallest absolute Gasteiger partial charge is 0.224 e. The van der Waals surface area contributed by atoms with E-state index in [1.165, 1.54) is 5.56 Å². The van der Waals surface area contributed by atoms with Gasteiger partial charge in [-0.05, 0) is 69.5 Å². The monoisotopic (exact) mass is 441 g/mol. The second-order valence-electron chi connectivity index (χ2n) is 7.96. The van der Waals surface area contributed by atoms with E-state index in [2.05, 4.69) is 32.5 Å². The van der Waals surface area contributed by atoms with Gasteiger partial charge in [0, 0.05) is 23.9 Å². The first-order chi connectivity index (χ1) is 16.0. The zero-order valence-electron chi connectivity index (χ0n) is 19.1. The van der Waals surface area contributed by atoms with Gasteiger partial charge < -0.3 is 10.1 Å². The number of aromatic nitrogens is 4. The molecule has 4 aromatic rings. The fourth-order valence-corrected chi connectivity index (χ4v) is 3.60. The molecule has 0 spiro atoms. The van der Waals surface area contributed by atoms with E-state index in [0.717, 1.165) is 29.9 Å². The minimum atomic E-state index is 0.000511. The lowest BCUT2D eigenvalue weighted by molar-refractivity contribution is -0.116. The molecule has 33 heavy (non-hydrogen) atoms. The summed E-state index contributed by atoms with van der Waals surface area (Å²) in [7, 11) is 0. The van der Waals surface area contributed by atoms with Crippen LogP contribution in [0.5, 0.6) is 11.6 Å². The average Bonchev–Trinajstić information content (AvgIpc) is 3.13. The van der Waals surface area contributed by atoms with Crippen LogP contribution in [0.4, 0.5) is 5.69 Å². The summed E-state index contributed by atoms with van der Waals surface area (Å²) in [5, 5.41) is 7.41. The van der Waals surface area contributed by atoms with Crippen molar-refractivity contribution in [3.05, 3.63) is 89.5 Å². The highest BCUT2D eigenvalue weighted by molar-refractivity contribution is 5.90. The molecule has 0 atom stereocenters. The third-order valence-corrected chi connectivity index (χ3v) is 5.10. The summed E-state index contributed by atoms with van der Waals surface area (Å²) in [4.78, 5) is 21.1. The van der Waals surface area contributed by atoms with Crippen LogP contribution in [-0.4, -0.2) is 25.7 Å². The average molecular weight is 442 g/mol. The molecule has 0 aliphatic rings. The summed E-state index contributed by atoms with van der Waals surface area (Å²) >= 11 is 0. The van der Waals surface area contributed by atoms with Gasteiger partial charge in [0.1, 0.15) is 11.6 Å². The van der Waals surface area contributed by atoms with Crippen molar-refractivity contribution in [2.45, 2.75) is 40.0 Å². The summed E-state index contributed by atoms with van der Waals surface area (Å²) in [5.41, 5.74) is 3.88. The van der Waals surface area contributed by atoms with Gasteiger partial charge in [0.05, 0.1) is 5.69 Å². The van der Waals surface area contributed by atoms with Crippen molar-refractivity contribution in [1.29, 1.82) is 0 Å². The molecule has 2 aromatic carbocycles. The molecule has 0 bridgehead atoms. The molecular weight excluding hydrogens is 414 g/mol. The van der Waals surface area contributed by atoms with Crippen LogP contribution in [-0.2, 0) is 11.2 Å². The van der Waals surface area contributed by atoms with Crippen LogP contribution in [0.3, 0.4) is 0 Å². The van der Waals surface area contributed by atoms with Gasteiger partial charge in [-0.3, -0.25) is 4.79 Å². The van der Waals surface area contributed by atoms with Crippen molar-refractivity contribution in [1.82, 2.24) is 19.7 Å². The molecule has 7 heteroatoms. The van der Waals surface area contributed by atoms with E-state index >= 15 is 0 Å². The number of amides is 1. The quantitative estimate of drug-likeness (QED) is 0.399. The predicted octanol–water partition coefficient (Wildman–Crippen LogP) is 5.34. The SMILES string of the molecule is Cc1cc(C)n(-c2cc(Oc3ccc(NC(=O)CCCc4ccccc4)cc3)nc(C)n2)n1. The highest BCUT2D eigenvalue weighted by Crippen LogP contribution is 2.23. The Kier molecular flexibility index (Phi) is 6.78. The van der Waals surface area contributed by atoms with E-state index in [1.54, 1.807) is 22.9 Å². The molecule has 0 radical (unpaired) electrons. The molecule has 2 aromatic heterocycles. The number of benzene rings is 2. The Hall–Kier alpha value is -4.00. The highest BCUT2D eigenvalue weighted by atomic mass is 16.5. The first kappa shape index (κ1) is 22.2. The maximum absolute atomic E-state index is 12.2. The van der Waals surface area contributed by atoms with Crippen molar-refractivity contribution < 1.29 is 9.53 Å². The van der Waals surface area contributed by atoms with Crippen LogP contribution >= 0.6 is 0 Å². The number of carbonyl (C=O) groups is 1. The van der Waals surface area contributed by atoms with Gasteiger partial charge in [0.2, 0.25) is 11.8 Å². The molecule has 7 nitrogen and oxygen atoms in total. The number of rotatable bonds is 8. The fourth-order valence-electron chi connectivity index (χ4n) is 3.60. The van der Waals surface area contributed by atoms with Crippen LogP contribution in [0.1, 0.15) is 35.6 Å². The normalized spacial score (nSPS) is 10.8. The van der Waals surface area contributed by atoms with Crippen LogP contribution in [0, 0.1) is 20.8 Å². The maximum Gasteiger partial charge on any atom is 0.224 e. The Morgan fingerprint density at radius 1 is 0.970 bits per heavy atom. The molecule has 0 saturated carbocycles. The number of nitrogens with one attached hydrogen (secondary N) is 1. The fraction of sp³-hybridized carbons (Fsp3) is 0.231. The highest BCUT2D eigenvalue weighted by Gasteiger charge is 2.10. The number of anilines is 1. The van der Waals surface area contributed by atoms with Gasteiger partial charge in [-0.25, -0.2) is 9.67 Å². The molecule has 1 amide bonds. The number of aryl methyl sites for hydroxylation is 4. The largest absolute Gasteiger partial charge is 0.439 e. The summed E-state index contributed by atoms with van der Waals surface area (Å²) in [6.45, 7) is 5.74. The number of ether oxygens (including phenoxy) is 1. The molecular formula is C26H27N5O2. The first-order valence-corrected chi connectivity index (χ1v) is 11.0. The van der Waals surface area contributed by atoms with E-state index in [-0.39, 0.29) is 5.91 Å². The van der Waals surface area contributed by atoms with E-state index in [0.29, 0.717) is 29.7 Å². The molecule has 1 N–H and O–H groups in total. The van der Waals surface area contributed by atoms with Crippen molar-refractivity contribution in [3.8, 4) is 17.4 Å². The van der Waals surface area contributed by atoms with Crippen molar-refractivity contribution in [3.63, 3.8) is 0 Å². The molecule has 0 saturated heterocycles. The lowest BCUT2D eigenvalue weighted by atomic mass is 10.1. The number of carbonyl (C=O) groups excluding carboxylic acids is 1. The summed E-state index contributed by atoms with van der Waals surface area (Å²) < 4.78 is 7.71. The minimum absolute atomic E-state index is 0.000511. The number of nitrogens with zero attached hydrogens (tertiary/aromatic N) is 4. The third kappa shape index (κ3) is 6.04. The summed E-state index contributed by atoms with van der Waals surface area (Å²) in [5.74, 6) is 2.30. The van der Waals surface area contributed by atoms with Crippen molar-refractivity contribution in [2.24, 2.45) is 0 Å². The second kappa shape index (κ2) is 10.1.